The van der Waals surface area contributed by atoms with Gasteiger partial charge in [0.15, 0.2) is 0 Å². The SMILES string of the molecule is c1ccc(-c2ccc(N(c3ccc(-c4ccc5ccccc5c4)cc3)c3ccc4c5c(-c6cccc7ccccc67)cccc5n(-c5ccccc5)c4c3)cc2)cc1. The maximum Gasteiger partial charge on any atom is 0.0562 e. The fourth-order valence-corrected chi connectivity index (χ4v) is 8.79. The molecule has 0 radical (unpaired) electrons. The Kier molecular flexibility index (Phi) is 8.19. The molecule has 272 valence electrons. The van der Waals surface area contributed by atoms with E-state index in [1.54, 1.807) is 0 Å². The van der Waals surface area contributed by atoms with Crippen LogP contribution in [0.15, 0.2) is 231 Å². The summed E-state index contributed by atoms with van der Waals surface area (Å²) in [5.74, 6) is 0. The van der Waals surface area contributed by atoms with Crippen molar-refractivity contribution < 1.29 is 0 Å². The van der Waals surface area contributed by atoms with Crippen LogP contribution in [-0.2, 0) is 0 Å². The van der Waals surface area contributed by atoms with Crippen molar-refractivity contribution in [2.45, 2.75) is 0 Å². The molecule has 0 saturated carbocycles. The van der Waals surface area contributed by atoms with Crippen LogP contribution in [0.3, 0.4) is 0 Å². The average Bonchev–Trinajstić information content (AvgIpc) is 3.64. The lowest BCUT2D eigenvalue weighted by Crippen LogP contribution is -2.10. The van der Waals surface area contributed by atoms with Crippen molar-refractivity contribution in [3.8, 4) is 39.1 Å². The number of para-hydroxylation sites is 1. The summed E-state index contributed by atoms with van der Waals surface area (Å²) in [6, 6.07) is 83.7. The van der Waals surface area contributed by atoms with Crippen LogP contribution >= 0.6 is 0 Å². The molecule has 10 aromatic carbocycles. The number of nitrogens with zero attached hydrogens (tertiary/aromatic N) is 2. The monoisotopic (exact) mass is 738 g/mol. The van der Waals surface area contributed by atoms with E-state index in [0.717, 1.165) is 28.3 Å². The van der Waals surface area contributed by atoms with Gasteiger partial charge in [-0.05, 0) is 116 Å². The van der Waals surface area contributed by atoms with Crippen molar-refractivity contribution >= 4 is 60.4 Å². The van der Waals surface area contributed by atoms with Crippen LogP contribution in [-0.4, -0.2) is 4.57 Å². The van der Waals surface area contributed by atoms with Crippen molar-refractivity contribution in [3.05, 3.63) is 231 Å². The van der Waals surface area contributed by atoms with Gasteiger partial charge in [0, 0.05) is 33.5 Å². The molecule has 0 unspecified atom stereocenters. The minimum absolute atomic E-state index is 1.09. The number of hydrogen-bond acceptors (Lipinski definition) is 1. The first-order chi connectivity index (χ1) is 28.8. The van der Waals surface area contributed by atoms with Gasteiger partial charge in [0.25, 0.3) is 0 Å². The van der Waals surface area contributed by atoms with E-state index in [9.17, 15) is 0 Å². The molecular weight excluding hydrogens is 701 g/mol. The maximum atomic E-state index is 2.43. The Bertz CT molecular complexity index is 3250. The molecule has 11 aromatic rings. The molecule has 0 aliphatic rings. The van der Waals surface area contributed by atoms with Gasteiger partial charge < -0.3 is 9.47 Å². The first-order valence-electron chi connectivity index (χ1n) is 19.9. The third-order valence-corrected chi connectivity index (χ3v) is 11.6. The summed E-state index contributed by atoms with van der Waals surface area (Å²) in [4.78, 5) is 2.39. The number of rotatable bonds is 7. The van der Waals surface area contributed by atoms with Gasteiger partial charge in [-0.25, -0.2) is 0 Å². The molecule has 11 rings (SSSR count). The molecule has 0 saturated heterocycles. The second kappa shape index (κ2) is 14.1. The molecule has 0 atom stereocenters. The summed E-state index contributed by atoms with van der Waals surface area (Å²) in [7, 11) is 0. The van der Waals surface area contributed by atoms with Gasteiger partial charge >= 0.3 is 0 Å². The van der Waals surface area contributed by atoms with Crippen LogP contribution in [0.2, 0.25) is 0 Å². The number of fused-ring (bicyclic) bond motifs is 5. The van der Waals surface area contributed by atoms with Crippen LogP contribution < -0.4 is 4.90 Å². The summed E-state index contributed by atoms with van der Waals surface area (Å²) < 4.78 is 2.43. The van der Waals surface area contributed by atoms with Crippen LogP contribution in [0.1, 0.15) is 0 Å². The summed E-state index contributed by atoms with van der Waals surface area (Å²) in [5, 5.41) is 7.47. The molecule has 0 aliphatic carbocycles. The van der Waals surface area contributed by atoms with Crippen LogP contribution in [0.25, 0.3) is 82.4 Å². The Labute approximate surface area is 338 Å². The minimum atomic E-state index is 1.09. The topological polar surface area (TPSA) is 8.17 Å². The summed E-state index contributed by atoms with van der Waals surface area (Å²) in [5.41, 5.74) is 14.0. The molecule has 0 N–H and O–H groups in total. The van der Waals surface area contributed by atoms with Crippen molar-refractivity contribution in [2.75, 3.05) is 4.90 Å². The highest BCUT2D eigenvalue weighted by atomic mass is 15.1. The second-order valence-corrected chi connectivity index (χ2v) is 15.0. The van der Waals surface area contributed by atoms with E-state index < -0.39 is 0 Å². The highest BCUT2D eigenvalue weighted by Crippen LogP contribution is 2.44. The van der Waals surface area contributed by atoms with Gasteiger partial charge in [-0.3, -0.25) is 0 Å². The van der Waals surface area contributed by atoms with Gasteiger partial charge in [0.2, 0.25) is 0 Å². The zero-order valence-corrected chi connectivity index (χ0v) is 31.8. The van der Waals surface area contributed by atoms with E-state index in [1.807, 2.05) is 0 Å². The second-order valence-electron chi connectivity index (χ2n) is 15.0. The molecule has 2 nitrogen and oxygen atoms in total. The Morgan fingerprint density at radius 2 is 0.845 bits per heavy atom. The molecular formula is C56H38N2. The molecule has 0 spiro atoms. The van der Waals surface area contributed by atoms with E-state index in [4.69, 9.17) is 0 Å². The number of hydrogen-bond donors (Lipinski definition) is 0. The Morgan fingerprint density at radius 1 is 0.293 bits per heavy atom. The third-order valence-electron chi connectivity index (χ3n) is 11.6. The van der Waals surface area contributed by atoms with Gasteiger partial charge in [-0.15, -0.1) is 0 Å². The van der Waals surface area contributed by atoms with E-state index in [1.165, 1.54) is 71.2 Å². The smallest absolute Gasteiger partial charge is 0.0562 e. The highest BCUT2D eigenvalue weighted by Gasteiger charge is 2.20. The minimum Gasteiger partial charge on any atom is -0.310 e. The van der Waals surface area contributed by atoms with Crippen molar-refractivity contribution in [1.82, 2.24) is 4.57 Å². The van der Waals surface area contributed by atoms with E-state index in [-0.39, 0.29) is 0 Å². The van der Waals surface area contributed by atoms with Crippen LogP contribution in [0.5, 0.6) is 0 Å². The zero-order chi connectivity index (χ0) is 38.4. The predicted molar refractivity (Wildman–Crippen MR) is 247 cm³/mol. The summed E-state index contributed by atoms with van der Waals surface area (Å²) in [6.07, 6.45) is 0. The number of aromatic nitrogens is 1. The molecule has 0 bridgehead atoms. The van der Waals surface area contributed by atoms with Gasteiger partial charge in [-0.1, -0.05) is 170 Å². The largest absolute Gasteiger partial charge is 0.310 e. The molecule has 0 amide bonds. The zero-order valence-electron chi connectivity index (χ0n) is 31.8. The molecule has 0 aliphatic heterocycles. The normalized spacial score (nSPS) is 11.4. The molecule has 1 heterocycles. The predicted octanol–water partition coefficient (Wildman–Crippen LogP) is 15.6. The molecule has 0 fully saturated rings. The van der Waals surface area contributed by atoms with Crippen molar-refractivity contribution in [1.29, 1.82) is 0 Å². The summed E-state index contributed by atoms with van der Waals surface area (Å²) in [6.45, 7) is 0. The number of anilines is 3. The van der Waals surface area contributed by atoms with Crippen molar-refractivity contribution in [2.24, 2.45) is 0 Å². The Balaban J connectivity index is 1.11. The van der Waals surface area contributed by atoms with Gasteiger partial charge in [0.1, 0.15) is 0 Å². The summed E-state index contributed by atoms with van der Waals surface area (Å²) >= 11 is 0. The lowest BCUT2D eigenvalue weighted by molar-refractivity contribution is 1.18. The van der Waals surface area contributed by atoms with E-state index in [0.29, 0.717) is 0 Å². The average molecular weight is 739 g/mol. The van der Waals surface area contributed by atoms with Crippen LogP contribution in [0.4, 0.5) is 17.1 Å². The lowest BCUT2D eigenvalue weighted by Gasteiger charge is -2.26. The van der Waals surface area contributed by atoms with Crippen LogP contribution in [0, 0.1) is 0 Å². The lowest BCUT2D eigenvalue weighted by atomic mass is 9.94. The quantitative estimate of drug-likeness (QED) is 0.158. The first kappa shape index (κ1) is 33.6. The Morgan fingerprint density at radius 3 is 1.60 bits per heavy atom. The molecule has 1 aromatic heterocycles. The molecule has 58 heavy (non-hydrogen) atoms. The maximum absolute atomic E-state index is 2.43. The van der Waals surface area contributed by atoms with Gasteiger partial charge in [0.05, 0.1) is 11.0 Å². The van der Waals surface area contributed by atoms with E-state index in [2.05, 4.69) is 240 Å². The fraction of sp³-hybridized carbons (Fsp3) is 0. The van der Waals surface area contributed by atoms with Crippen molar-refractivity contribution in [3.63, 3.8) is 0 Å². The Hall–Kier alpha value is -7.68. The highest BCUT2D eigenvalue weighted by molar-refractivity contribution is 6.18. The standard InChI is InChI=1S/C56H38N2/c1-3-13-39(14-4-1)41-27-31-47(32-28-41)57(48-33-29-42(30-34-48)45-26-25-40-15-7-8-17-44(40)37-45)49-35-36-53-55(38-49)58(46-19-5-2-6-20-46)54-24-12-23-52(56(53)54)51-22-11-18-43-16-9-10-21-50(43)51/h1-38H. The fourth-order valence-electron chi connectivity index (χ4n) is 8.79. The van der Waals surface area contributed by atoms with E-state index >= 15 is 0 Å². The molecule has 2 heteroatoms. The third kappa shape index (κ3) is 5.82. The van der Waals surface area contributed by atoms with Gasteiger partial charge in [-0.2, -0.15) is 0 Å². The first-order valence-corrected chi connectivity index (χ1v) is 19.9. The number of benzene rings is 10.